The van der Waals surface area contributed by atoms with Crippen molar-refractivity contribution in [3.8, 4) is 0 Å². The van der Waals surface area contributed by atoms with E-state index in [2.05, 4.69) is 5.32 Å². The van der Waals surface area contributed by atoms with E-state index >= 15 is 0 Å². The van der Waals surface area contributed by atoms with E-state index in [1.807, 2.05) is 0 Å². The molecule has 0 aromatic carbocycles. The zero-order valence-corrected chi connectivity index (χ0v) is 8.07. The van der Waals surface area contributed by atoms with E-state index in [0.717, 1.165) is 28.8 Å². The molecule has 2 saturated carbocycles. The molecule has 3 rings (SSSR count). The van der Waals surface area contributed by atoms with Gasteiger partial charge >= 0.3 is 0 Å². The molecule has 4 atom stereocenters. The van der Waals surface area contributed by atoms with E-state index in [1.165, 1.54) is 32.1 Å². The van der Waals surface area contributed by atoms with Gasteiger partial charge in [0.05, 0.1) is 4.99 Å². The van der Waals surface area contributed by atoms with Crippen LogP contribution in [0.25, 0.3) is 0 Å². The van der Waals surface area contributed by atoms with Gasteiger partial charge in [-0.25, -0.2) is 0 Å². The van der Waals surface area contributed by atoms with Gasteiger partial charge in [-0.2, -0.15) is 0 Å². The lowest BCUT2D eigenvalue weighted by Crippen LogP contribution is -2.39. The first-order valence-electron chi connectivity index (χ1n) is 5.14. The van der Waals surface area contributed by atoms with Crippen LogP contribution in [0.1, 0.15) is 32.1 Å². The van der Waals surface area contributed by atoms with Gasteiger partial charge in [-0.3, -0.25) is 0 Å². The maximum atomic E-state index is 5.27. The highest BCUT2D eigenvalue weighted by atomic mass is 32.1. The minimum absolute atomic E-state index is 0.767. The van der Waals surface area contributed by atoms with Gasteiger partial charge in [-0.15, -0.1) is 0 Å². The van der Waals surface area contributed by atoms with Crippen LogP contribution in [0.3, 0.4) is 0 Å². The molecule has 0 radical (unpaired) electrons. The fourth-order valence-electron chi connectivity index (χ4n) is 3.68. The summed E-state index contributed by atoms with van der Waals surface area (Å²) in [5, 5.41) is 3.51. The Balaban J connectivity index is 1.90. The van der Waals surface area contributed by atoms with Crippen molar-refractivity contribution in [2.24, 2.45) is 17.8 Å². The van der Waals surface area contributed by atoms with Gasteiger partial charge in [0.2, 0.25) is 0 Å². The number of thiocarbonyl (C=S) groups is 1. The Hall–Kier alpha value is -0.110. The molecule has 4 unspecified atom stereocenters. The number of fused-ring (bicyclic) bond motifs is 5. The van der Waals surface area contributed by atoms with Crippen LogP contribution >= 0.6 is 12.2 Å². The highest BCUT2D eigenvalue weighted by Gasteiger charge is 2.48. The normalized spacial score (nSPS) is 50.5. The Labute approximate surface area is 78.9 Å². The highest BCUT2D eigenvalue weighted by molar-refractivity contribution is 7.80. The average molecular weight is 181 g/mol. The minimum atomic E-state index is 0.767. The predicted octanol–water partition coefficient (Wildman–Crippen LogP) is 2.11. The van der Waals surface area contributed by atoms with Crippen molar-refractivity contribution in [3.05, 3.63) is 0 Å². The molecular formula is C10H15NS. The zero-order valence-electron chi connectivity index (χ0n) is 7.25. The molecule has 0 amide bonds. The van der Waals surface area contributed by atoms with Gasteiger partial charge in [0, 0.05) is 12.5 Å². The van der Waals surface area contributed by atoms with Crippen LogP contribution in [0.5, 0.6) is 0 Å². The molecule has 1 heterocycles. The number of hydrogen-bond donors (Lipinski definition) is 1. The number of rotatable bonds is 0. The SMILES string of the molecule is S=C1CC2CC(N1)C1CCCC21. The van der Waals surface area contributed by atoms with Crippen LogP contribution in [0.4, 0.5) is 0 Å². The summed E-state index contributed by atoms with van der Waals surface area (Å²) in [6, 6.07) is 0.767. The zero-order chi connectivity index (χ0) is 8.13. The van der Waals surface area contributed by atoms with E-state index in [0.29, 0.717) is 0 Å². The molecule has 3 fully saturated rings. The molecule has 66 valence electrons. The standard InChI is InChI=1S/C10H15NS/c12-10-5-6-4-9(11-10)8-3-1-2-7(6)8/h6-9H,1-5H2,(H,11,12). The van der Waals surface area contributed by atoms with E-state index in [-0.39, 0.29) is 0 Å². The quantitative estimate of drug-likeness (QED) is 0.574. The van der Waals surface area contributed by atoms with E-state index in [9.17, 15) is 0 Å². The minimum Gasteiger partial charge on any atom is -0.377 e. The van der Waals surface area contributed by atoms with Gasteiger partial charge in [-0.1, -0.05) is 18.6 Å². The summed E-state index contributed by atoms with van der Waals surface area (Å²) < 4.78 is 0. The smallest absolute Gasteiger partial charge is 0.0758 e. The second kappa shape index (κ2) is 2.44. The van der Waals surface area contributed by atoms with Crippen LogP contribution in [0.2, 0.25) is 0 Å². The van der Waals surface area contributed by atoms with Crippen LogP contribution in [-0.4, -0.2) is 11.0 Å². The van der Waals surface area contributed by atoms with Gasteiger partial charge in [0.15, 0.2) is 0 Å². The molecule has 2 bridgehead atoms. The van der Waals surface area contributed by atoms with E-state index in [1.54, 1.807) is 0 Å². The first-order valence-corrected chi connectivity index (χ1v) is 5.55. The third-order valence-corrected chi connectivity index (χ3v) is 4.38. The van der Waals surface area contributed by atoms with E-state index < -0.39 is 0 Å². The molecule has 1 saturated heterocycles. The summed E-state index contributed by atoms with van der Waals surface area (Å²) in [6.07, 6.45) is 7.01. The van der Waals surface area contributed by atoms with Gasteiger partial charge in [0.1, 0.15) is 0 Å². The third kappa shape index (κ3) is 0.875. The first kappa shape index (κ1) is 7.31. The van der Waals surface area contributed by atoms with Crippen molar-refractivity contribution in [3.63, 3.8) is 0 Å². The van der Waals surface area contributed by atoms with Crippen molar-refractivity contribution in [2.75, 3.05) is 0 Å². The Kier molecular flexibility index (Phi) is 1.49. The Morgan fingerprint density at radius 2 is 2.08 bits per heavy atom. The number of nitrogens with one attached hydrogen (secondary N) is 1. The molecule has 2 aliphatic carbocycles. The fourth-order valence-corrected chi connectivity index (χ4v) is 4.05. The monoisotopic (exact) mass is 181 g/mol. The van der Waals surface area contributed by atoms with Gasteiger partial charge in [-0.05, 0) is 37.0 Å². The second-order valence-electron chi connectivity index (χ2n) is 4.63. The van der Waals surface area contributed by atoms with Crippen LogP contribution < -0.4 is 5.32 Å². The van der Waals surface area contributed by atoms with Gasteiger partial charge < -0.3 is 5.32 Å². The van der Waals surface area contributed by atoms with Crippen molar-refractivity contribution in [2.45, 2.75) is 38.1 Å². The molecule has 0 aromatic rings. The molecule has 1 aliphatic heterocycles. The molecule has 12 heavy (non-hydrogen) atoms. The molecule has 3 aliphatic rings. The number of piperidine rings is 1. The summed E-state index contributed by atoms with van der Waals surface area (Å²) in [4.78, 5) is 1.14. The molecule has 0 spiro atoms. The fraction of sp³-hybridized carbons (Fsp3) is 0.900. The van der Waals surface area contributed by atoms with Crippen molar-refractivity contribution >= 4 is 17.2 Å². The third-order valence-electron chi connectivity index (χ3n) is 4.10. The maximum Gasteiger partial charge on any atom is 0.0758 e. The van der Waals surface area contributed by atoms with Crippen molar-refractivity contribution in [1.29, 1.82) is 0 Å². The van der Waals surface area contributed by atoms with Crippen molar-refractivity contribution < 1.29 is 0 Å². The molecule has 2 heteroatoms. The molecule has 0 aromatic heterocycles. The Morgan fingerprint density at radius 1 is 1.25 bits per heavy atom. The predicted molar refractivity (Wildman–Crippen MR) is 53.1 cm³/mol. The summed E-state index contributed by atoms with van der Waals surface area (Å²) in [5.74, 6) is 2.97. The first-order chi connectivity index (χ1) is 5.84. The summed E-state index contributed by atoms with van der Waals surface area (Å²) >= 11 is 5.27. The van der Waals surface area contributed by atoms with Crippen LogP contribution in [0, 0.1) is 17.8 Å². The van der Waals surface area contributed by atoms with Crippen molar-refractivity contribution in [1.82, 2.24) is 5.32 Å². The lowest BCUT2D eigenvalue weighted by atomic mass is 9.90. The summed E-state index contributed by atoms with van der Waals surface area (Å²) in [7, 11) is 0. The molecule has 1 nitrogen and oxygen atoms in total. The lowest BCUT2D eigenvalue weighted by molar-refractivity contribution is 0.364. The lowest BCUT2D eigenvalue weighted by Gasteiger charge is -2.24. The Bertz CT molecular complexity index is 206. The maximum absolute atomic E-state index is 5.27. The summed E-state index contributed by atoms with van der Waals surface area (Å²) in [5.41, 5.74) is 0. The van der Waals surface area contributed by atoms with Crippen LogP contribution in [-0.2, 0) is 0 Å². The summed E-state index contributed by atoms with van der Waals surface area (Å²) in [6.45, 7) is 0. The topological polar surface area (TPSA) is 12.0 Å². The Morgan fingerprint density at radius 3 is 3.00 bits per heavy atom. The molecule has 1 N–H and O–H groups in total. The average Bonchev–Trinajstić information content (AvgIpc) is 2.56. The van der Waals surface area contributed by atoms with E-state index in [4.69, 9.17) is 12.2 Å². The highest BCUT2D eigenvalue weighted by Crippen LogP contribution is 2.50. The number of hydrogen-bond acceptors (Lipinski definition) is 1. The second-order valence-corrected chi connectivity index (χ2v) is 5.13. The largest absolute Gasteiger partial charge is 0.377 e. The molecular weight excluding hydrogens is 166 g/mol. The van der Waals surface area contributed by atoms with Crippen LogP contribution in [0.15, 0.2) is 0 Å². The van der Waals surface area contributed by atoms with Gasteiger partial charge in [0.25, 0.3) is 0 Å².